The molecule has 0 amide bonds. The lowest BCUT2D eigenvalue weighted by Crippen LogP contribution is -2.28. The van der Waals surface area contributed by atoms with E-state index in [1.807, 2.05) is 22.7 Å². The number of benzene rings is 4. The quantitative estimate of drug-likeness (QED) is 0.200. The second kappa shape index (κ2) is 8.81. The Labute approximate surface area is 226 Å². The van der Waals surface area contributed by atoms with Gasteiger partial charge in [-0.3, -0.25) is 0 Å². The van der Waals surface area contributed by atoms with Crippen LogP contribution < -0.4 is 0 Å². The van der Waals surface area contributed by atoms with Crippen LogP contribution in [0.2, 0.25) is 13.1 Å². The van der Waals surface area contributed by atoms with Gasteiger partial charge in [-0.2, -0.15) is 0 Å². The molecule has 0 atom stereocenters. The number of hydrogen-bond acceptors (Lipinski definition) is 2. The zero-order chi connectivity index (χ0) is 25.0. The number of rotatable bonds is 4. The maximum atomic E-state index is 2.55. The summed E-state index contributed by atoms with van der Waals surface area (Å²) in [4.78, 5) is 0. The van der Waals surface area contributed by atoms with Crippen molar-refractivity contribution in [1.29, 1.82) is 0 Å². The lowest BCUT2D eigenvalue weighted by molar-refractivity contribution is 1.59. The minimum Gasteiger partial charge on any atom is -0.144 e. The number of allylic oxidation sites excluding steroid dienone is 2. The van der Waals surface area contributed by atoms with Crippen LogP contribution in [0.3, 0.4) is 0 Å². The topological polar surface area (TPSA) is 0 Å². The van der Waals surface area contributed by atoms with Gasteiger partial charge in [0.15, 0.2) is 0 Å². The molecule has 0 saturated heterocycles. The SMILES string of the molecule is C[Si]1(C)C(c2ccc3sccc3c2)=C(c2ccccc2)C(c2ccccc2)=C1c1ccc2sccc2c1. The van der Waals surface area contributed by atoms with Gasteiger partial charge in [-0.05, 0) is 102 Å². The van der Waals surface area contributed by atoms with Gasteiger partial charge in [0, 0.05) is 9.40 Å². The van der Waals surface area contributed by atoms with Crippen LogP contribution in [0.25, 0.3) is 41.7 Å². The van der Waals surface area contributed by atoms with Gasteiger partial charge < -0.3 is 0 Å². The second-order valence-corrected chi connectivity index (χ2v) is 16.3. The van der Waals surface area contributed by atoms with Crippen LogP contribution in [0.4, 0.5) is 0 Å². The van der Waals surface area contributed by atoms with Gasteiger partial charge in [-0.15, -0.1) is 22.7 Å². The number of thiophene rings is 2. The maximum Gasteiger partial charge on any atom is 0.115 e. The summed E-state index contributed by atoms with van der Waals surface area (Å²) in [6.45, 7) is 5.10. The molecule has 0 nitrogen and oxygen atoms in total. The molecule has 0 unspecified atom stereocenters. The highest BCUT2D eigenvalue weighted by atomic mass is 32.1. The Morgan fingerprint density at radius 3 is 1.32 bits per heavy atom. The molecule has 7 rings (SSSR count). The van der Waals surface area contributed by atoms with E-state index in [-0.39, 0.29) is 0 Å². The van der Waals surface area contributed by atoms with E-state index >= 15 is 0 Å². The molecule has 3 heterocycles. The Balaban J connectivity index is 1.59. The third-order valence-electron chi connectivity index (χ3n) is 7.61. The van der Waals surface area contributed by atoms with Crippen LogP contribution in [0.15, 0.2) is 120 Å². The van der Waals surface area contributed by atoms with E-state index in [0.29, 0.717) is 0 Å². The van der Waals surface area contributed by atoms with Crippen LogP contribution in [-0.2, 0) is 0 Å². The molecule has 0 N–H and O–H groups in total. The van der Waals surface area contributed by atoms with Crippen molar-refractivity contribution in [2.45, 2.75) is 13.1 Å². The molecule has 0 spiro atoms. The molecular weight excluding hydrogens is 501 g/mol. The van der Waals surface area contributed by atoms with Crippen LogP contribution in [0.5, 0.6) is 0 Å². The van der Waals surface area contributed by atoms with Crippen molar-refractivity contribution in [2.75, 3.05) is 0 Å². The zero-order valence-corrected chi connectivity index (χ0v) is 23.5. The summed E-state index contributed by atoms with van der Waals surface area (Å²) >= 11 is 3.64. The molecule has 4 aromatic carbocycles. The van der Waals surface area contributed by atoms with Crippen molar-refractivity contribution in [2.24, 2.45) is 0 Å². The van der Waals surface area contributed by atoms with Crippen LogP contribution in [-0.4, -0.2) is 8.07 Å². The van der Waals surface area contributed by atoms with Crippen molar-refractivity contribution in [3.63, 3.8) is 0 Å². The summed E-state index contributed by atoms with van der Waals surface area (Å²) in [7, 11) is -2.14. The monoisotopic (exact) mass is 526 g/mol. The maximum absolute atomic E-state index is 2.55. The van der Waals surface area contributed by atoms with Crippen LogP contribution in [0, 0.1) is 0 Å². The van der Waals surface area contributed by atoms with Crippen LogP contribution in [0.1, 0.15) is 22.3 Å². The van der Waals surface area contributed by atoms with Gasteiger partial charge in [0.25, 0.3) is 0 Å². The highest BCUT2D eigenvalue weighted by Gasteiger charge is 2.43. The molecule has 0 fully saturated rings. The van der Waals surface area contributed by atoms with E-state index in [2.05, 4.69) is 133 Å². The van der Waals surface area contributed by atoms with E-state index in [4.69, 9.17) is 0 Å². The largest absolute Gasteiger partial charge is 0.144 e. The summed E-state index contributed by atoms with van der Waals surface area (Å²) in [5.41, 5.74) is 8.13. The Hall–Kier alpha value is -3.50. The molecule has 6 aromatic rings. The Morgan fingerprint density at radius 1 is 0.459 bits per heavy atom. The van der Waals surface area contributed by atoms with E-state index < -0.39 is 8.07 Å². The van der Waals surface area contributed by atoms with Crippen molar-refractivity contribution in [1.82, 2.24) is 0 Å². The molecule has 2 aromatic heterocycles. The second-order valence-electron chi connectivity index (χ2n) is 10.2. The first-order chi connectivity index (χ1) is 18.1. The predicted octanol–water partition coefficient (Wildman–Crippen LogP) is 10.4. The zero-order valence-electron chi connectivity index (χ0n) is 20.9. The van der Waals surface area contributed by atoms with Gasteiger partial charge in [0.2, 0.25) is 0 Å². The summed E-state index contributed by atoms with van der Waals surface area (Å²) < 4.78 is 2.70. The van der Waals surface area contributed by atoms with E-state index in [0.717, 1.165) is 0 Å². The minimum absolute atomic E-state index is 1.30. The molecule has 1 aliphatic heterocycles. The highest BCUT2D eigenvalue weighted by molar-refractivity contribution is 7.17. The summed E-state index contributed by atoms with van der Waals surface area (Å²) in [5, 5.41) is 10.1. The van der Waals surface area contributed by atoms with Crippen molar-refractivity contribution < 1.29 is 0 Å². The molecule has 0 radical (unpaired) electrons. The van der Waals surface area contributed by atoms with E-state index in [1.165, 1.54) is 64.0 Å². The highest BCUT2D eigenvalue weighted by Crippen LogP contribution is 2.56. The number of hydrogen-bond donors (Lipinski definition) is 0. The fourth-order valence-corrected chi connectivity index (χ4v) is 11.4. The smallest absolute Gasteiger partial charge is 0.115 e. The minimum atomic E-state index is -2.14. The van der Waals surface area contributed by atoms with Gasteiger partial charge in [0.05, 0.1) is 0 Å². The van der Waals surface area contributed by atoms with E-state index in [1.54, 1.807) is 0 Å². The molecule has 1 aliphatic rings. The number of fused-ring (bicyclic) bond motifs is 2. The molecule has 37 heavy (non-hydrogen) atoms. The normalized spacial score (nSPS) is 15.3. The lowest BCUT2D eigenvalue weighted by Gasteiger charge is -2.26. The molecule has 0 saturated carbocycles. The molecule has 178 valence electrons. The summed E-state index contributed by atoms with van der Waals surface area (Å²) in [6, 6.07) is 40.8. The van der Waals surface area contributed by atoms with E-state index in [9.17, 15) is 0 Å². The van der Waals surface area contributed by atoms with Gasteiger partial charge in [-0.1, -0.05) is 85.9 Å². The fourth-order valence-electron chi connectivity index (χ4n) is 6.04. The summed E-state index contributed by atoms with van der Waals surface area (Å²) in [6.07, 6.45) is 0. The molecular formula is C34H26S2Si. The Morgan fingerprint density at radius 2 is 0.892 bits per heavy atom. The third-order valence-corrected chi connectivity index (χ3v) is 13.0. The van der Waals surface area contributed by atoms with Gasteiger partial charge in [0.1, 0.15) is 8.07 Å². The van der Waals surface area contributed by atoms with Crippen LogP contribution >= 0.6 is 22.7 Å². The lowest BCUT2D eigenvalue weighted by atomic mass is 9.89. The standard InChI is InChI=1S/C34H26S2Si/c1-37(2)33(27-13-15-29-25(21-27)17-19-35-29)31(23-9-5-3-6-10-23)32(24-11-7-4-8-12-24)34(37)28-14-16-30-26(22-28)18-20-36-30/h3-22H,1-2H3. The van der Waals surface area contributed by atoms with Crippen molar-refractivity contribution >= 4 is 72.5 Å². The molecule has 0 bridgehead atoms. The van der Waals surface area contributed by atoms with Crippen molar-refractivity contribution in [3.8, 4) is 0 Å². The van der Waals surface area contributed by atoms with Gasteiger partial charge >= 0.3 is 0 Å². The molecule has 3 heteroatoms. The third kappa shape index (κ3) is 3.69. The fraction of sp³-hybridized carbons (Fsp3) is 0.0588. The van der Waals surface area contributed by atoms with Crippen molar-refractivity contribution in [3.05, 3.63) is 142 Å². The first-order valence-corrected chi connectivity index (χ1v) is 17.4. The first-order valence-electron chi connectivity index (χ1n) is 12.7. The summed E-state index contributed by atoms with van der Waals surface area (Å²) in [5.74, 6) is 0. The Bertz CT molecular complexity index is 1700. The average molecular weight is 527 g/mol. The average Bonchev–Trinajstić information content (AvgIpc) is 3.64. The Kier molecular flexibility index (Phi) is 5.40. The van der Waals surface area contributed by atoms with Gasteiger partial charge in [-0.25, -0.2) is 0 Å². The molecule has 0 aliphatic carbocycles. The predicted molar refractivity (Wildman–Crippen MR) is 168 cm³/mol. The first kappa shape index (κ1) is 22.7.